The Morgan fingerprint density at radius 2 is 2.06 bits per heavy atom. The van der Waals surface area contributed by atoms with E-state index in [9.17, 15) is 9.90 Å². The maximum absolute atomic E-state index is 10.4. The van der Waals surface area contributed by atoms with Gasteiger partial charge in [0.1, 0.15) is 5.75 Å². The van der Waals surface area contributed by atoms with Gasteiger partial charge in [-0.25, -0.2) is 0 Å². The molecule has 1 aromatic carbocycles. The summed E-state index contributed by atoms with van der Waals surface area (Å²) in [6.07, 6.45) is 1.57. The van der Waals surface area contributed by atoms with Crippen LogP contribution in [0.4, 0.5) is 0 Å². The molecule has 3 nitrogen and oxygen atoms in total. The van der Waals surface area contributed by atoms with Gasteiger partial charge in [0.25, 0.3) is 0 Å². The third-order valence-electron chi connectivity index (χ3n) is 2.57. The number of aliphatic carboxylic acids is 1. The minimum atomic E-state index is -0.761. The predicted molar refractivity (Wildman–Crippen MR) is 62.8 cm³/mol. The average Bonchev–Trinajstić information content (AvgIpc) is 2.19. The summed E-state index contributed by atoms with van der Waals surface area (Å²) in [5.74, 6) is -0.167. The molecule has 0 bridgehead atoms. The Morgan fingerprint density at radius 1 is 1.38 bits per heavy atom. The van der Waals surface area contributed by atoms with Crippen LogP contribution in [0.2, 0.25) is 0 Å². The number of aryl methyl sites for hydroxylation is 1. The molecule has 0 aliphatic rings. The second-order valence-electron chi connectivity index (χ2n) is 4.30. The Morgan fingerprint density at radius 3 is 2.62 bits per heavy atom. The van der Waals surface area contributed by atoms with E-state index in [1.165, 1.54) is 0 Å². The van der Waals surface area contributed by atoms with E-state index in [1.807, 2.05) is 26.0 Å². The van der Waals surface area contributed by atoms with Crippen molar-refractivity contribution in [2.45, 2.75) is 39.0 Å². The van der Waals surface area contributed by atoms with E-state index in [-0.39, 0.29) is 12.3 Å². The molecule has 2 N–H and O–H groups in total. The first-order valence-corrected chi connectivity index (χ1v) is 5.54. The molecule has 0 fully saturated rings. The van der Waals surface area contributed by atoms with Crippen molar-refractivity contribution in [3.8, 4) is 5.75 Å². The van der Waals surface area contributed by atoms with E-state index in [2.05, 4.69) is 0 Å². The van der Waals surface area contributed by atoms with Crippen LogP contribution in [0.5, 0.6) is 5.75 Å². The molecule has 0 unspecified atom stereocenters. The Bertz CT molecular complexity index is 369. The quantitative estimate of drug-likeness (QED) is 0.805. The van der Waals surface area contributed by atoms with Crippen molar-refractivity contribution in [3.63, 3.8) is 0 Å². The number of aromatic hydroxyl groups is 1. The van der Waals surface area contributed by atoms with Gasteiger partial charge in [-0.1, -0.05) is 26.0 Å². The molecule has 0 radical (unpaired) electrons. The topological polar surface area (TPSA) is 57.5 Å². The number of carboxylic acid groups (broad SMARTS) is 1. The highest BCUT2D eigenvalue weighted by Gasteiger charge is 2.07. The monoisotopic (exact) mass is 222 g/mol. The van der Waals surface area contributed by atoms with Gasteiger partial charge in [-0.3, -0.25) is 4.79 Å². The molecule has 0 amide bonds. The molecule has 0 saturated carbocycles. The van der Waals surface area contributed by atoms with Crippen LogP contribution in [-0.4, -0.2) is 16.2 Å². The predicted octanol–water partition coefficient (Wildman–Crippen LogP) is 2.92. The van der Waals surface area contributed by atoms with Gasteiger partial charge in [-0.05, 0) is 36.0 Å². The normalized spacial score (nSPS) is 10.7. The zero-order valence-corrected chi connectivity index (χ0v) is 9.73. The van der Waals surface area contributed by atoms with E-state index in [0.29, 0.717) is 12.2 Å². The Labute approximate surface area is 95.7 Å². The van der Waals surface area contributed by atoms with Crippen LogP contribution in [-0.2, 0) is 11.2 Å². The third kappa shape index (κ3) is 3.57. The van der Waals surface area contributed by atoms with Gasteiger partial charge >= 0.3 is 5.97 Å². The number of hydrogen-bond donors (Lipinski definition) is 2. The summed E-state index contributed by atoms with van der Waals surface area (Å²) in [6, 6.07) is 5.50. The van der Waals surface area contributed by atoms with Crippen LogP contribution < -0.4 is 0 Å². The van der Waals surface area contributed by atoms with Gasteiger partial charge < -0.3 is 10.2 Å². The fraction of sp³-hybridized carbons (Fsp3) is 0.462. The number of rotatable bonds is 5. The minimum Gasteiger partial charge on any atom is -0.508 e. The van der Waals surface area contributed by atoms with Gasteiger partial charge in [-0.15, -0.1) is 0 Å². The molecule has 0 aliphatic heterocycles. The molecule has 16 heavy (non-hydrogen) atoms. The number of benzene rings is 1. The lowest BCUT2D eigenvalue weighted by molar-refractivity contribution is -0.137. The van der Waals surface area contributed by atoms with Crippen LogP contribution in [0.25, 0.3) is 0 Å². The molecule has 88 valence electrons. The van der Waals surface area contributed by atoms with Gasteiger partial charge in [0.15, 0.2) is 0 Å². The van der Waals surface area contributed by atoms with Crippen molar-refractivity contribution >= 4 is 5.97 Å². The summed E-state index contributed by atoms with van der Waals surface area (Å²) in [4.78, 5) is 10.4. The fourth-order valence-corrected chi connectivity index (χ4v) is 1.67. The number of carboxylic acids is 1. The molecular formula is C13H18O3. The number of hydrogen-bond acceptors (Lipinski definition) is 2. The molecule has 0 atom stereocenters. The van der Waals surface area contributed by atoms with Crippen molar-refractivity contribution in [2.24, 2.45) is 0 Å². The summed E-state index contributed by atoms with van der Waals surface area (Å²) < 4.78 is 0. The first-order chi connectivity index (χ1) is 7.50. The maximum Gasteiger partial charge on any atom is 0.303 e. The van der Waals surface area contributed by atoms with E-state index in [1.54, 1.807) is 6.07 Å². The lowest BCUT2D eigenvalue weighted by Crippen LogP contribution is -1.97. The maximum atomic E-state index is 10.4. The molecule has 1 rings (SSSR count). The number of phenols is 1. The zero-order valence-electron chi connectivity index (χ0n) is 9.73. The third-order valence-corrected chi connectivity index (χ3v) is 2.57. The second-order valence-corrected chi connectivity index (χ2v) is 4.30. The Kier molecular flexibility index (Phi) is 4.35. The van der Waals surface area contributed by atoms with Gasteiger partial charge in [-0.2, -0.15) is 0 Å². The lowest BCUT2D eigenvalue weighted by atomic mass is 9.97. The van der Waals surface area contributed by atoms with Gasteiger partial charge in [0.2, 0.25) is 0 Å². The number of carbonyl (C=O) groups is 1. The summed E-state index contributed by atoms with van der Waals surface area (Å²) in [5.41, 5.74) is 2.01. The zero-order chi connectivity index (χ0) is 12.1. The Hall–Kier alpha value is -1.51. The molecule has 3 heteroatoms. The van der Waals surface area contributed by atoms with Crippen LogP contribution in [0.15, 0.2) is 18.2 Å². The molecule has 0 aromatic heterocycles. The molecule has 1 aromatic rings. The molecule has 0 saturated heterocycles. The second kappa shape index (κ2) is 5.54. The smallest absolute Gasteiger partial charge is 0.303 e. The molecule has 0 spiro atoms. The summed E-state index contributed by atoms with van der Waals surface area (Å²) in [5, 5.41) is 18.2. The standard InChI is InChI=1S/C13H18O3/c1-9(2)11-8-10(6-7-12(11)14)4-3-5-13(15)16/h6-9,14H,3-5H2,1-2H3,(H,15,16). The van der Waals surface area contributed by atoms with E-state index < -0.39 is 5.97 Å². The van der Waals surface area contributed by atoms with Crippen molar-refractivity contribution in [2.75, 3.05) is 0 Å². The average molecular weight is 222 g/mol. The van der Waals surface area contributed by atoms with Crippen LogP contribution in [0.3, 0.4) is 0 Å². The number of phenolic OH excluding ortho intramolecular Hbond substituents is 1. The summed E-state index contributed by atoms with van der Waals surface area (Å²) >= 11 is 0. The van der Waals surface area contributed by atoms with E-state index in [4.69, 9.17) is 5.11 Å². The van der Waals surface area contributed by atoms with Gasteiger partial charge in [0.05, 0.1) is 0 Å². The van der Waals surface area contributed by atoms with Crippen molar-refractivity contribution in [1.82, 2.24) is 0 Å². The highest BCUT2D eigenvalue weighted by molar-refractivity contribution is 5.66. The van der Waals surface area contributed by atoms with Crippen molar-refractivity contribution in [1.29, 1.82) is 0 Å². The largest absolute Gasteiger partial charge is 0.508 e. The molecule has 0 heterocycles. The molecule has 0 aliphatic carbocycles. The molecular weight excluding hydrogens is 204 g/mol. The minimum absolute atomic E-state index is 0.192. The van der Waals surface area contributed by atoms with Crippen LogP contribution in [0, 0.1) is 0 Å². The lowest BCUT2D eigenvalue weighted by Gasteiger charge is -2.10. The van der Waals surface area contributed by atoms with Crippen LogP contribution >= 0.6 is 0 Å². The summed E-state index contributed by atoms with van der Waals surface area (Å²) in [7, 11) is 0. The van der Waals surface area contributed by atoms with E-state index in [0.717, 1.165) is 17.5 Å². The first-order valence-electron chi connectivity index (χ1n) is 5.54. The highest BCUT2D eigenvalue weighted by Crippen LogP contribution is 2.26. The highest BCUT2D eigenvalue weighted by atomic mass is 16.4. The first kappa shape index (κ1) is 12.6. The Balaban J connectivity index is 2.67. The van der Waals surface area contributed by atoms with Crippen molar-refractivity contribution in [3.05, 3.63) is 29.3 Å². The van der Waals surface area contributed by atoms with Crippen molar-refractivity contribution < 1.29 is 15.0 Å². The SMILES string of the molecule is CC(C)c1cc(CCCC(=O)O)ccc1O. The van der Waals surface area contributed by atoms with Crippen LogP contribution in [0.1, 0.15) is 43.7 Å². The summed E-state index contributed by atoms with van der Waals surface area (Å²) in [6.45, 7) is 4.05. The van der Waals surface area contributed by atoms with Gasteiger partial charge in [0, 0.05) is 6.42 Å². The fourth-order valence-electron chi connectivity index (χ4n) is 1.67. The van der Waals surface area contributed by atoms with E-state index >= 15 is 0 Å².